The number of thiophene rings is 3. The van der Waals surface area contributed by atoms with Crippen molar-refractivity contribution in [1.29, 1.82) is 0 Å². The Balaban J connectivity index is 0.00000121. The molecule has 6 aromatic heterocycles. The molecule has 20 nitrogen and oxygen atoms in total. The van der Waals surface area contributed by atoms with Gasteiger partial charge in [-0.25, -0.2) is 19.7 Å². The molecule has 0 unspecified atom stereocenters. The maximum absolute atomic E-state index is 13.9. The van der Waals surface area contributed by atoms with Gasteiger partial charge in [0.15, 0.2) is 0 Å². The van der Waals surface area contributed by atoms with E-state index in [2.05, 4.69) is 61.8 Å². The molecule has 0 aliphatic carbocycles. The maximum Gasteiger partial charge on any atom is 0.490 e. The lowest BCUT2D eigenvalue weighted by Gasteiger charge is -2.22. The van der Waals surface area contributed by atoms with E-state index < -0.39 is 53.9 Å². The van der Waals surface area contributed by atoms with Gasteiger partial charge in [-0.2, -0.15) is 47.2 Å². The Kier molecular flexibility index (Phi) is 20.6. The Hall–Kier alpha value is -9.53. The van der Waals surface area contributed by atoms with E-state index in [9.17, 15) is 41.9 Å². The third kappa shape index (κ3) is 18.2. The number of hydrogen-bond donors (Lipinski definition) is 10. The fourth-order valence-electron chi connectivity index (χ4n) is 8.48. The molecular formula is C57H53F3N12O8S3. The molecule has 9 aromatic rings. The highest BCUT2D eigenvalue weighted by Crippen LogP contribution is 2.34. The SMILES string of the molecule is O=C(Cc1ccsc1)N[C@H](Cc1c[nH]cn1)C(=O)Nc1ccc(C(c2ccc(NC(=O)[C@@H](Cc3c[nH]cn3)NC(=O)Cc3ccsc3)cc2)c2ccc(NC(=O)[C@@H](Cc3c[nH]cn3)NC(=O)Cc3ccsc3)cc2)cc1.O=C(O)C(F)(F)F. The number of carbonyl (C=O) groups excluding carboxylic acids is 6. The van der Waals surface area contributed by atoms with E-state index >= 15 is 0 Å². The number of carboxylic acid groups (broad SMARTS) is 1. The van der Waals surface area contributed by atoms with E-state index in [1.807, 2.05) is 86.9 Å². The second-order valence-electron chi connectivity index (χ2n) is 18.6. The molecule has 10 N–H and O–H groups in total. The number of benzene rings is 3. The Morgan fingerprint density at radius 2 is 0.735 bits per heavy atom. The minimum atomic E-state index is -5.08. The quantitative estimate of drug-likeness (QED) is 0.0263. The van der Waals surface area contributed by atoms with Crippen molar-refractivity contribution < 1.29 is 51.8 Å². The molecule has 0 aliphatic heterocycles. The highest BCUT2D eigenvalue weighted by Gasteiger charge is 2.38. The standard InChI is InChI=1S/C55H52N12O6S3.C2HF3O2/c68-49(19-34-13-16-74-28-34)65-46(22-43-25-56-31-59-43)53(71)62-40-7-1-37(2-8-40)52(38-3-9-41(10-4-38)63-54(72)47(23-44-26-57-32-60-44)66-50(69)20-35-14-17-75-29-35)39-5-11-42(12-6-39)64-55(73)48(24-45-27-58-33-61-45)67-51(70)21-36-15-18-76-30-36;3-2(4,5)1(6)7/h1-18,25-33,46-48,52H,19-24H2,(H,56,59)(H,57,60)(H,58,61)(H,62,71)(H,63,72)(H,64,73)(H,65,68)(H,66,69)(H,67,70);(H,6,7)/t46-,47-,48-;/m1./s1. The number of alkyl halides is 3. The molecule has 9 rings (SSSR count). The minimum Gasteiger partial charge on any atom is -0.475 e. The van der Waals surface area contributed by atoms with Crippen molar-refractivity contribution in [3.8, 4) is 0 Å². The summed E-state index contributed by atoms with van der Waals surface area (Å²) in [4.78, 5) is 111. The van der Waals surface area contributed by atoms with Gasteiger partial charge in [0.2, 0.25) is 35.4 Å². The van der Waals surface area contributed by atoms with Gasteiger partial charge >= 0.3 is 12.1 Å². The number of H-pyrrole nitrogens is 3. The van der Waals surface area contributed by atoms with Crippen molar-refractivity contribution >= 4 is 92.5 Å². The van der Waals surface area contributed by atoms with Gasteiger partial charge in [-0.3, -0.25) is 28.8 Å². The van der Waals surface area contributed by atoms with Gasteiger partial charge in [0.1, 0.15) is 18.1 Å². The summed E-state index contributed by atoms with van der Waals surface area (Å²) in [7, 11) is 0. The summed E-state index contributed by atoms with van der Waals surface area (Å²) < 4.78 is 31.7. The lowest BCUT2D eigenvalue weighted by atomic mass is 9.85. The van der Waals surface area contributed by atoms with Gasteiger partial charge in [0, 0.05) is 60.8 Å². The Morgan fingerprint density at radius 3 is 0.952 bits per heavy atom. The summed E-state index contributed by atoms with van der Waals surface area (Å²) in [5.74, 6) is -5.27. The molecular weight excluding hydrogens is 1130 g/mol. The van der Waals surface area contributed by atoms with Crippen LogP contribution in [0.25, 0.3) is 0 Å². The Labute approximate surface area is 483 Å². The zero-order chi connectivity index (χ0) is 58.7. The third-order valence-electron chi connectivity index (χ3n) is 12.5. The summed E-state index contributed by atoms with van der Waals surface area (Å²) >= 11 is 4.48. The van der Waals surface area contributed by atoms with Crippen molar-refractivity contribution in [2.75, 3.05) is 16.0 Å². The first kappa shape index (κ1) is 59.6. The molecule has 0 spiro atoms. The monoisotopic (exact) mass is 1190 g/mol. The van der Waals surface area contributed by atoms with Crippen LogP contribution in [-0.4, -0.2) is 101 Å². The van der Waals surface area contributed by atoms with Gasteiger partial charge in [-0.1, -0.05) is 36.4 Å². The van der Waals surface area contributed by atoms with Crippen LogP contribution in [0.3, 0.4) is 0 Å². The van der Waals surface area contributed by atoms with Crippen molar-refractivity contribution in [2.45, 2.75) is 68.7 Å². The number of anilines is 3. The number of aliphatic carboxylic acids is 1. The summed E-state index contributed by atoms with van der Waals surface area (Å²) in [5, 5.41) is 36.1. The number of nitrogens with zero attached hydrogens (tertiary/aromatic N) is 3. The molecule has 3 atom stereocenters. The number of imidazole rings is 3. The number of hydrogen-bond acceptors (Lipinski definition) is 13. The van der Waals surface area contributed by atoms with Crippen LogP contribution in [0.1, 0.15) is 56.4 Å². The molecule has 0 saturated carbocycles. The van der Waals surface area contributed by atoms with Crippen LogP contribution in [-0.2, 0) is 72.1 Å². The molecule has 428 valence electrons. The molecule has 0 saturated heterocycles. The zero-order valence-corrected chi connectivity index (χ0v) is 46.1. The predicted octanol–water partition coefficient (Wildman–Crippen LogP) is 7.58. The van der Waals surface area contributed by atoms with Crippen LogP contribution in [0.2, 0.25) is 0 Å². The minimum absolute atomic E-state index is 0.131. The fourth-order valence-corrected chi connectivity index (χ4v) is 10.5. The van der Waals surface area contributed by atoms with Gasteiger partial charge in [-0.05, 0) is 120 Å². The number of carboxylic acids is 1. The molecule has 0 bridgehead atoms. The number of amides is 6. The highest BCUT2D eigenvalue weighted by atomic mass is 32.1. The van der Waals surface area contributed by atoms with Gasteiger partial charge < -0.3 is 52.0 Å². The predicted molar refractivity (Wildman–Crippen MR) is 307 cm³/mol. The van der Waals surface area contributed by atoms with Crippen molar-refractivity contribution in [2.24, 2.45) is 0 Å². The number of carbonyl (C=O) groups is 7. The maximum atomic E-state index is 13.9. The van der Waals surface area contributed by atoms with E-state index in [-0.39, 0.29) is 56.2 Å². The molecule has 83 heavy (non-hydrogen) atoms. The van der Waals surface area contributed by atoms with Crippen molar-refractivity contribution in [1.82, 2.24) is 45.9 Å². The van der Waals surface area contributed by atoms with Crippen molar-refractivity contribution in [3.05, 3.63) is 211 Å². The number of aromatic nitrogens is 6. The average molecular weight is 1190 g/mol. The first-order chi connectivity index (χ1) is 40.0. The third-order valence-corrected chi connectivity index (χ3v) is 14.7. The lowest BCUT2D eigenvalue weighted by molar-refractivity contribution is -0.192. The summed E-state index contributed by atoms with van der Waals surface area (Å²) in [6, 6.07) is 25.1. The van der Waals surface area contributed by atoms with Crippen molar-refractivity contribution in [3.63, 3.8) is 0 Å². The number of rotatable bonds is 24. The molecule has 6 amide bonds. The Morgan fingerprint density at radius 1 is 0.458 bits per heavy atom. The van der Waals surface area contributed by atoms with E-state index in [4.69, 9.17) is 9.90 Å². The first-order valence-corrected chi connectivity index (χ1v) is 28.2. The zero-order valence-electron chi connectivity index (χ0n) is 43.6. The van der Waals surface area contributed by atoms with E-state index in [0.29, 0.717) is 34.1 Å². The average Bonchev–Trinajstić information content (AvgIpc) is 4.43. The first-order valence-electron chi connectivity index (χ1n) is 25.4. The van der Waals surface area contributed by atoms with Crippen LogP contribution in [0.4, 0.5) is 30.2 Å². The van der Waals surface area contributed by atoms with Crippen LogP contribution in [0.15, 0.2) is 161 Å². The van der Waals surface area contributed by atoms with Gasteiger partial charge in [-0.15, -0.1) is 0 Å². The Bertz CT molecular complexity index is 3160. The summed E-state index contributed by atoms with van der Waals surface area (Å²) in [6.45, 7) is 0. The number of nitrogens with one attached hydrogen (secondary N) is 9. The van der Waals surface area contributed by atoms with Crippen LogP contribution in [0.5, 0.6) is 0 Å². The second-order valence-corrected chi connectivity index (χ2v) is 21.0. The number of aromatic amines is 3. The number of halogens is 3. The molecule has 6 heterocycles. The lowest BCUT2D eigenvalue weighted by Crippen LogP contribution is -2.45. The van der Waals surface area contributed by atoms with Crippen LogP contribution >= 0.6 is 34.0 Å². The van der Waals surface area contributed by atoms with E-state index in [1.54, 1.807) is 55.0 Å². The smallest absolute Gasteiger partial charge is 0.475 e. The summed E-state index contributed by atoms with van der Waals surface area (Å²) in [6.07, 6.45) is 5.42. The fraction of sp³-hybridized carbons (Fsp3) is 0.193. The molecule has 0 aliphatic rings. The van der Waals surface area contributed by atoms with Gasteiger partial charge in [0.25, 0.3) is 0 Å². The van der Waals surface area contributed by atoms with Crippen LogP contribution in [0, 0.1) is 0 Å². The normalized spacial score (nSPS) is 12.2. The molecule has 26 heteroatoms. The molecule has 0 radical (unpaired) electrons. The van der Waals surface area contributed by atoms with Crippen LogP contribution < -0.4 is 31.9 Å². The second kappa shape index (κ2) is 28.8. The topological polar surface area (TPSA) is 298 Å². The molecule has 3 aromatic carbocycles. The summed E-state index contributed by atoms with van der Waals surface area (Å²) in [5.41, 5.74) is 8.45. The highest BCUT2D eigenvalue weighted by molar-refractivity contribution is 7.08. The van der Waals surface area contributed by atoms with E-state index in [0.717, 1.165) is 33.4 Å². The largest absolute Gasteiger partial charge is 0.490 e. The molecule has 0 fully saturated rings. The van der Waals surface area contributed by atoms with Gasteiger partial charge in [0.05, 0.1) is 55.3 Å². The van der Waals surface area contributed by atoms with E-state index in [1.165, 1.54) is 53.0 Å².